The molecule has 0 spiro atoms. The third-order valence-electron chi connectivity index (χ3n) is 5.09. The first-order valence-electron chi connectivity index (χ1n) is 10.4. The van der Waals surface area contributed by atoms with Gasteiger partial charge in [-0.05, 0) is 37.6 Å². The molecule has 6 nitrogen and oxygen atoms in total. The van der Waals surface area contributed by atoms with Crippen LogP contribution in [0.15, 0.2) is 71.1 Å². The van der Waals surface area contributed by atoms with E-state index in [1.165, 1.54) is 11.3 Å². The highest BCUT2D eigenvalue weighted by Crippen LogP contribution is 2.40. The fourth-order valence-corrected chi connectivity index (χ4v) is 4.42. The minimum absolute atomic E-state index is 0.144. The fourth-order valence-electron chi connectivity index (χ4n) is 3.50. The predicted molar refractivity (Wildman–Crippen MR) is 136 cm³/mol. The van der Waals surface area contributed by atoms with Gasteiger partial charge in [-0.2, -0.15) is 0 Å². The molecule has 32 heavy (non-hydrogen) atoms. The summed E-state index contributed by atoms with van der Waals surface area (Å²) in [5.74, 6) is 0. The smallest absolute Gasteiger partial charge is 0.162 e. The van der Waals surface area contributed by atoms with Crippen molar-refractivity contribution in [1.82, 2.24) is 15.0 Å². The van der Waals surface area contributed by atoms with Crippen molar-refractivity contribution >= 4 is 45.6 Å². The van der Waals surface area contributed by atoms with Crippen LogP contribution in [0.1, 0.15) is 23.5 Å². The summed E-state index contributed by atoms with van der Waals surface area (Å²) >= 11 is 1.36. The SMILES string of the molecule is C/C=C\C(C)N(CC1=CC=CC=C=C1)N(C)C=Nc1c(C=O)sc2nccc(N(C)C)c12. The van der Waals surface area contributed by atoms with E-state index in [9.17, 15) is 4.79 Å². The highest BCUT2D eigenvalue weighted by atomic mass is 32.1. The van der Waals surface area contributed by atoms with E-state index in [0.717, 1.165) is 27.8 Å². The number of aromatic nitrogens is 1. The zero-order chi connectivity index (χ0) is 23.1. The molecule has 0 amide bonds. The summed E-state index contributed by atoms with van der Waals surface area (Å²) in [6.45, 7) is 4.85. The third-order valence-corrected chi connectivity index (χ3v) is 6.10. The van der Waals surface area contributed by atoms with Crippen LogP contribution in [-0.4, -0.2) is 61.4 Å². The topological polar surface area (TPSA) is 52.0 Å². The van der Waals surface area contributed by atoms with Crippen LogP contribution in [0, 0.1) is 0 Å². The van der Waals surface area contributed by atoms with E-state index < -0.39 is 0 Å². The van der Waals surface area contributed by atoms with E-state index in [-0.39, 0.29) is 6.04 Å². The Morgan fingerprint density at radius 3 is 2.81 bits per heavy atom. The molecule has 2 aromatic rings. The summed E-state index contributed by atoms with van der Waals surface area (Å²) < 4.78 is 0. The van der Waals surface area contributed by atoms with Crippen molar-refractivity contribution in [3.8, 4) is 0 Å². The maximum atomic E-state index is 11.8. The van der Waals surface area contributed by atoms with E-state index in [0.29, 0.717) is 17.1 Å². The molecular weight excluding hydrogens is 418 g/mol. The summed E-state index contributed by atoms with van der Waals surface area (Å²) in [6.07, 6.45) is 18.5. The quantitative estimate of drug-likeness (QED) is 0.133. The van der Waals surface area contributed by atoms with Crippen LogP contribution in [0.5, 0.6) is 0 Å². The van der Waals surface area contributed by atoms with Crippen molar-refractivity contribution in [3.05, 3.63) is 71.0 Å². The number of hydrogen-bond donors (Lipinski definition) is 0. The lowest BCUT2D eigenvalue weighted by Gasteiger charge is -2.34. The maximum absolute atomic E-state index is 11.8. The van der Waals surface area contributed by atoms with Crippen molar-refractivity contribution in [2.75, 3.05) is 32.6 Å². The molecule has 0 aliphatic heterocycles. The van der Waals surface area contributed by atoms with Crippen LogP contribution in [-0.2, 0) is 0 Å². The van der Waals surface area contributed by atoms with E-state index in [4.69, 9.17) is 4.99 Å². The van der Waals surface area contributed by atoms with Crippen molar-refractivity contribution in [1.29, 1.82) is 0 Å². The molecule has 0 fully saturated rings. The molecule has 0 bridgehead atoms. The first-order chi connectivity index (χ1) is 15.5. The second-order valence-electron chi connectivity index (χ2n) is 7.62. The Balaban J connectivity index is 1.97. The molecule has 1 atom stereocenters. The van der Waals surface area contributed by atoms with Crippen LogP contribution >= 0.6 is 11.3 Å². The average Bonchev–Trinajstić information content (AvgIpc) is 2.94. The first-order valence-corrected chi connectivity index (χ1v) is 11.3. The molecular formula is C25H29N5OS. The minimum atomic E-state index is 0.144. The van der Waals surface area contributed by atoms with Gasteiger partial charge in [-0.15, -0.1) is 17.1 Å². The van der Waals surface area contributed by atoms with Gasteiger partial charge < -0.3 is 4.90 Å². The molecule has 0 saturated carbocycles. The Kier molecular flexibility index (Phi) is 7.95. The van der Waals surface area contributed by atoms with E-state index in [2.05, 4.69) is 34.8 Å². The maximum Gasteiger partial charge on any atom is 0.162 e. The number of carbonyl (C=O) groups excluding carboxylic acids is 1. The van der Waals surface area contributed by atoms with Crippen LogP contribution in [0.25, 0.3) is 10.2 Å². The van der Waals surface area contributed by atoms with Gasteiger partial charge in [-0.3, -0.25) is 9.80 Å². The number of aliphatic imine (C=N–C) groups is 1. The molecule has 0 N–H and O–H groups in total. The summed E-state index contributed by atoms with van der Waals surface area (Å²) in [4.78, 5) is 24.4. The lowest BCUT2D eigenvalue weighted by molar-refractivity contribution is 0.0643. The molecule has 0 radical (unpaired) electrons. The van der Waals surface area contributed by atoms with Crippen molar-refractivity contribution in [2.24, 2.45) is 4.99 Å². The van der Waals surface area contributed by atoms with Crippen molar-refractivity contribution < 1.29 is 4.79 Å². The molecule has 0 saturated heterocycles. The molecule has 0 aromatic carbocycles. The number of allylic oxidation sites excluding steroid dienone is 4. The van der Waals surface area contributed by atoms with E-state index in [1.54, 1.807) is 12.5 Å². The number of aldehydes is 1. The Labute approximate surface area is 193 Å². The van der Waals surface area contributed by atoms with Crippen molar-refractivity contribution in [2.45, 2.75) is 19.9 Å². The van der Waals surface area contributed by atoms with Gasteiger partial charge in [0.25, 0.3) is 0 Å². The van der Waals surface area contributed by atoms with E-state index in [1.807, 2.05) is 74.4 Å². The molecule has 2 aromatic heterocycles. The van der Waals surface area contributed by atoms with Gasteiger partial charge in [-0.1, -0.05) is 30.4 Å². The van der Waals surface area contributed by atoms with Gasteiger partial charge in [0.2, 0.25) is 0 Å². The number of rotatable bonds is 9. The number of thiophene rings is 1. The van der Waals surface area contributed by atoms with Gasteiger partial charge in [0.15, 0.2) is 6.29 Å². The number of pyridine rings is 1. The van der Waals surface area contributed by atoms with Gasteiger partial charge in [-0.25, -0.2) is 15.0 Å². The largest absolute Gasteiger partial charge is 0.377 e. The zero-order valence-corrected chi connectivity index (χ0v) is 20.0. The lowest BCUT2D eigenvalue weighted by Crippen LogP contribution is -2.45. The Bertz CT molecular complexity index is 1150. The van der Waals surface area contributed by atoms with Crippen LogP contribution in [0.4, 0.5) is 11.4 Å². The summed E-state index contributed by atoms with van der Waals surface area (Å²) in [5, 5.41) is 5.07. The number of fused-ring (bicyclic) bond motifs is 1. The highest BCUT2D eigenvalue weighted by molar-refractivity contribution is 7.21. The van der Waals surface area contributed by atoms with Gasteiger partial charge in [0, 0.05) is 39.9 Å². The van der Waals surface area contributed by atoms with Crippen LogP contribution in [0.3, 0.4) is 0 Å². The number of hydrazine groups is 1. The fraction of sp³-hybridized carbons (Fsp3) is 0.280. The van der Waals surface area contributed by atoms with Crippen LogP contribution < -0.4 is 4.90 Å². The van der Waals surface area contributed by atoms with Gasteiger partial charge in [0.05, 0.1) is 21.6 Å². The predicted octanol–water partition coefficient (Wildman–Crippen LogP) is 5.16. The minimum Gasteiger partial charge on any atom is -0.377 e. The molecule has 3 rings (SSSR count). The van der Waals surface area contributed by atoms with Gasteiger partial charge in [0.1, 0.15) is 11.2 Å². The monoisotopic (exact) mass is 447 g/mol. The lowest BCUT2D eigenvalue weighted by atomic mass is 10.2. The first kappa shape index (κ1) is 23.4. The molecule has 1 aliphatic rings. The standard InChI is InChI=1S/C25H29N5OS/c1-6-11-19(2)30(16-20-12-9-7-8-10-13-20)29(5)18-27-24-22(17-31)32-25-23(24)21(28(3)4)14-15-26-25/h6-9,11-15,17-19H,16H2,1-5H3/b11-6-,27-18?. The van der Waals surface area contributed by atoms with Crippen molar-refractivity contribution in [3.63, 3.8) is 0 Å². The Morgan fingerprint density at radius 1 is 1.28 bits per heavy atom. The molecule has 7 heteroatoms. The van der Waals surface area contributed by atoms with E-state index >= 15 is 0 Å². The molecule has 1 aliphatic carbocycles. The normalized spacial score (nSPS) is 14.5. The van der Waals surface area contributed by atoms with Crippen LogP contribution in [0.2, 0.25) is 0 Å². The highest BCUT2D eigenvalue weighted by Gasteiger charge is 2.19. The number of anilines is 1. The molecule has 2 heterocycles. The Morgan fingerprint density at radius 2 is 2.09 bits per heavy atom. The number of carbonyl (C=O) groups is 1. The number of hydrogen-bond acceptors (Lipinski definition) is 6. The average molecular weight is 448 g/mol. The second kappa shape index (κ2) is 10.9. The second-order valence-corrected chi connectivity index (χ2v) is 8.65. The van der Waals surface area contributed by atoms with Gasteiger partial charge >= 0.3 is 0 Å². The summed E-state index contributed by atoms with van der Waals surface area (Å²) in [5.41, 5.74) is 5.95. The summed E-state index contributed by atoms with van der Waals surface area (Å²) in [6, 6.07) is 2.09. The third kappa shape index (κ3) is 5.32. The number of nitrogens with zero attached hydrogens (tertiary/aromatic N) is 5. The summed E-state index contributed by atoms with van der Waals surface area (Å²) in [7, 11) is 5.92. The zero-order valence-electron chi connectivity index (χ0n) is 19.2. The Hall–Kier alpha value is -3.25. The molecule has 1 unspecified atom stereocenters. The molecule has 166 valence electrons.